The van der Waals surface area contributed by atoms with Crippen LogP contribution in [0.1, 0.15) is 33.3 Å². The molecule has 0 atom stereocenters. The van der Waals surface area contributed by atoms with Crippen LogP contribution < -0.4 is 16.1 Å². The van der Waals surface area contributed by atoms with Gasteiger partial charge in [0.1, 0.15) is 0 Å². The lowest BCUT2D eigenvalue weighted by molar-refractivity contribution is -0.385. The first-order valence-electron chi connectivity index (χ1n) is 27.3. The minimum Gasteiger partial charge on any atom is -0.423 e. The van der Waals surface area contributed by atoms with Gasteiger partial charge in [0.25, 0.3) is 17.5 Å². The van der Waals surface area contributed by atoms with Crippen molar-refractivity contribution in [3.05, 3.63) is 167 Å². The van der Waals surface area contributed by atoms with Gasteiger partial charge in [-0.25, -0.2) is 9.69 Å². The number of anilines is 2. The molecule has 5 aromatic carbocycles. The van der Waals surface area contributed by atoms with E-state index in [2.05, 4.69) is 66.6 Å². The van der Waals surface area contributed by atoms with Crippen LogP contribution in [0.3, 0.4) is 0 Å². The van der Waals surface area contributed by atoms with E-state index in [1.807, 2.05) is 100 Å². The number of benzene rings is 5. The maximum absolute atomic E-state index is 11.4. The lowest BCUT2D eigenvalue weighted by atomic mass is 9.79. The summed E-state index contributed by atoms with van der Waals surface area (Å²) in [7, 11) is -0.347. The number of aryl methyl sites for hydroxylation is 1. The number of hydrogen-bond acceptors (Lipinski definition) is 18. The molecule has 83 heavy (non-hydrogen) atoms. The molecule has 12 rings (SSSR count). The van der Waals surface area contributed by atoms with E-state index in [0.29, 0.717) is 40.8 Å². The smallest absolute Gasteiger partial charge is 0.423 e. The Labute approximate surface area is 480 Å². The molecule has 0 amide bonds. The molecule has 3 aliphatic heterocycles. The number of nitrogens with zero attached hydrogens (tertiary/aromatic N) is 11. The Bertz CT molecular complexity index is 3750. The molecule has 21 nitrogen and oxygen atoms in total. The number of rotatable bonds is 14. The molecule has 0 radical (unpaired) electrons. The molecule has 422 valence electrons. The van der Waals surface area contributed by atoms with Crippen molar-refractivity contribution in [3.8, 4) is 45.2 Å². The highest BCUT2D eigenvalue weighted by molar-refractivity contribution is 6.62. The molecule has 4 aromatic heterocycles. The van der Waals surface area contributed by atoms with Crippen LogP contribution in [-0.2, 0) is 18.8 Å². The van der Waals surface area contributed by atoms with Crippen LogP contribution in [-0.4, -0.2) is 142 Å². The van der Waals surface area contributed by atoms with Gasteiger partial charge in [-0.15, -0.1) is 20.4 Å². The van der Waals surface area contributed by atoms with E-state index in [4.69, 9.17) is 40.8 Å². The number of pyridine rings is 2. The summed E-state index contributed by atoms with van der Waals surface area (Å²) < 4.78 is 33.7. The minimum absolute atomic E-state index is 0.0965. The normalized spacial score (nSPS) is 15.8. The van der Waals surface area contributed by atoms with E-state index in [9.17, 15) is 10.1 Å². The number of ether oxygens (including phenoxy) is 2. The van der Waals surface area contributed by atoms with Crippen molar-refractivity contribution in [1.29, 1.82) is 0 Å². The topological polar surface area (TPSA) is 223 Å². The van der Waals surface area contributed by atoms with Gasteiger partial charge in [-0.3, -0.25) is 29.9 Å². The number of aromatic nitrogens is 6. The molecule has 0 unspecified atom stereocenters. The molecule has 3 saturated heterocycles. The van der Waals surface area contributed by atoms with Crippen LogP contribution in [0.25, 0.3) is 76.7 Å². The molecular formula is C61H62BN13O8. The molecule has 3 aliphatic rings. The van der Waals surface area contributed by atoms with Crippen molar-refractivity contribution >= 4 is 62.8 Å². The second kappa shape index (κ2) is 25.9. The second-order valence-corrected chi connectivity index (χ2v) is 21.0. The Kier molecular flexibility index (Phi) is 17.8. The first-order valence-corrected chi connectivity index (χ1v) is 27.3. The molecule has 2 N–H and O–H groups in total. The number of hydrogen-bond donors (Lipinski definition) is 2. The SMILES string of the molecule is Cc1ccc(-c2ccc3ncc(-c4nnco4)c(NCCN4CCOCC4)c3c2)cc1[N+](=O)[O-].[C-]#[N+]c1ccc(-c2ccc3ncc(-c4nnco4)c(NCCN4CCOCC4)c3c2)cc1.[C-]#[N+]c1ccc(B2OC(C)(C)C(C)(C)O2)cc1. The number of nitro benzene ring substituents is 1. The fourth-order valence-corrected chi connectivity index (χ4v) is 9.76. The lowest BCUT2D eigenvalue weighted by Gasteiger charge is -2.32. The maximum atomic E-state index is 11.4. The zero-order chi connectivity index (χ0) is 57.9. The van der Waals surface area contributed by atoms with Crippen molar-refractivity contribution in [1.82, 2.24) is 40.2 Å². The van der Waals surface area contributed by atoms with Gasteiger partial charge >= 0.3 is 7.12 Å². The van der Waals surface area contributed by atoms with E-state index < -0.39 is 0 Å². The lowest BCUT2D eigenvalue weighted by Crippen LogP contribution is -2.41. The van der Waals surface area contributed by atoms with E-state index in [1.165, 1.54) is 12.8 Å². The van der Waals surface area contributed by atoms with Gasteiger partial charge in [-0.2, -0.15) is 0 Å². The van der Waals surface area contributed by atoms with Crippen LogP contribution >= 0.6 is 0 Å². The molecule has 0 spiro atoms. The van der Waals surface area contributed by atoms with Gasteiger partial charge in [-0.05, 0) is 86.6 Å². The summed E-state index contributed by atoms with van der Waals surface area (Å²) in [6.45, 7) is 33.9. The first kappa shape index (κ1) is 57.2. The van der Waals surface area contributed by atoms with Crippen LogP contribution in [0.5, 0.6) is 0 Å². The van der Waals surface area contributed by atoms with E-state index >= 15 is 0 Å². The predicted molar refractivity (Wildman–Crippen MR) is 319 cm³/mol. The van der Waals surface area contributed by atoms with E-state index in [0.717, 1.165) is 139 Å². The standard InChI is InChI=1S/C24H24N6O4.C24H22N6O2.C13H16BNO2/c1-16-2-3-18(13-22(16)30(31)32)17-4-5-21-19(12-17)23(20(14-26-21)24-28-27-15-34-24)25-6-7-29-8-10-33-11-9-29;1-25-19-5-2-17(3-6-19)18-4-7-22-20(14-18)23(21(15-27-22)24-29-28-16-32-24)26-8-9-30-10-12-31-13-11-30;1-12(2)13(3,4)17-14(16-12)10-6-8-11(15-5)9-7-10/h2-5,12-15H,6-11H2,1H3,(H,25,26);2-7,14-16H,8-13H2,(H,26,27);6-9H,1-4H3. The van der Waals surface area contributed by atoms with Crippen molar-refractivity contribution in [2.24, 2.45) is 0 Å². The third-order valence-electron chi connectivity index (χ3n) is 15.2. The summed E-state index contributed by atoms with van der Waals surface area (Å²) in [6.07, 6.45) is 6.12. The molecular weight excluding hydrogens is 1050 g/mol. The quantitative estimate of drug-likeness (QED) is 0.0447. The van der Waals surface area contributed by atoms with Crippen LogP contribution in [0.2, 0.25) is 0 Å². The summed E-state index contributed by atoms with van der Waals surface area (Å²) in [5.41, 5.74) is 10.9. The van der Waals surface area contributed by atoms with Gasteiger partial charge in [0.2, 0.25) is 12.8 Å². The average molecular weight is 1120 g/mol. The number of nitro groups is 1. The Morgan fingerprint density at radius 3 is 1.49 bits per heavy atom. The second-order valence-electron chi connectivity index (χ2n) is 21.0. The molecule has 0 bridgehead atoms. The van der Waals surface area contributed by atoms with Gasteiger partial charge in [-0.1, -0.05) is 72.8 Å². The van der Waals surface area contributed by atoms with Crippen LogP contribution in [0.15, 0.2) is 137 Å². The van der Waals surface area contributed by atoms with Crippen LogP contribution in [0, 0.1) is 30.2 Å². The Morgan fingerprint density at radius 2 is 1.05 bits per heavy atom. The van der Waals surface area contributed by atoms with Gasteiger partial charge < -0.3 is 38.3 Å². The molecule has 3 fully saturated rings. The maximum Gasteiger partial charge on any atom is 0.494 e. The van der Waals surface area contributed by atoms with Gasteiger partial charge in [0.05, 0.1) is 89.2 Å². The van der Waals surface area contributed by atoms with Crippen LogP contribution in [0.4, 0.5) is 28.4 Å². The fraction of sp³-hybridized carbons (Fsp3) is 0.311. The highest BCUT2D eigenvalue weighted by atomic mass is 16.7. The Hall–Kier alpha value is -9.00. The largest absolute Gasteiger partial charge is 0.494 e. The highest BCUT2D eigenvalue weighted by Gasteiger charge is 2.51. The molecule has 0 saturated carbocycles. The van der Waals surface area contributed by atoms with Crippen molar-refractivity contribution in [3.63, 3.8) is 0 Å². The number of nitrogens with one attached hydrogen (secondary N) is 2. The van der Waals surface area contributed by atoms with Gasteiger partial charge in [0.15, 0.2) is 11.4 Å². The van der Waals surface area contributed by atoms with E-state index in [-0.39, 0.29) is 28.9 Å². The zero-order valence-electron chi connectivity index (χ0n) is 46.9. The number of morpholine rings is 2. The zero-order valence-corrected chi connectivity index (χ0v) is 46.9. The molecule has 9 aromatic rings. The average Bonchev–Trinajstić information content (AvgIpc) is 4.35. The van der Waals surface area contributed by atoms with Crippen molar-refractivity contribution < 1.29 is 32.5 Å². The summed E-state index contributed by atoms with van der Waals surface area (Å²) in [6, 6.07) is 32.2. The monoisotopic (exact) mass is 1120 g/mol. The number of fused-ring (bicyclic) bond motifs is 2. The highest BCUT2D eigenvalue weighted by Crippen LogP contribution is 2.39. The first-order chi connectivity index (χ1) is 40.3. The summed E-state index contributed by atoms with van der Waals surface area (Å²) >= 11 is 0. The molecule has 22 heteroatoms. The third kappa shape index (κ3) is 13.5. The molecule has 7 heterocycles. The summed E-state index contributed by atoms with van der Waals surface area (Å²) in [4.78, 5) is 31.9. The summed E-state index contributed by atoms with van der Waals surface area (Å²) in [5.74, 6) is 0.805. The van der Waals surface area contributed by atoms with Crippen molar-refractivity contribution in [2.75, 3.05) is 89.4 Å². The van der Waals surface area contributed by atoms with Gasteiger partial charge in [0, 0.05) is 87.2 Å². The third-order valence-corrected chi connectivity index (χ3v) is 15.2. The Morgan fingerprint density at radius 1 is 0.614 bits per heavy atom. The van der Waals surface area contributed by atoms with E-state index in [1.54, 1.807) is 43.6 Å². The summed E-state index contributed by atoms with van der Waals surface area (Å²) in [5, 5.41) is 36.3. The minimum atomic E-state index is -0.353. The fourth-order valence-electron chi connectivity index (χ4n) is 9.76. The Balaban J connectivity index is 0.000000147. The van der Waals surface area contributed by atoms with Crippen molar-refractivity contribution in [2.45, 2.75) is 45.8 Å². The molecule has 0 aliphatic carbocycles. The predicted octanol–water partition coefficient (Wildman–Crippen LogP) is 10.7.